The lowest BCUT2D eigenvalue weighted by atomic mass is 10.1. The van der Waals surface area contributed by atoms with E-state index in [4.69, 9.17) is 4.74 Å². The predicted octanol–water partition coefficient (Wildman–Crippen LogP) is 0.501. The van der Waals surface area contributed by atoms with Crippen LogP contribution in [0.3, 0.4) is 0 Å². The second kappa shape index (κ2) is 6.17. The van der Waals surface area contributed by atoms with Crippen LogP contribution >= 0.6 is 0 Å². The van der Waals surface area contributed by atoms with Crippen molar-refractivity contribution in [3.05, 3.63) is 42.0 Å². The zero-order chi connectivity index (χ0) is 16.4. The van der Waals surface area contributed by atoms with Crippen LogP contribution in [0.25, 0.3) is 5.69 Å². The first-order valence-corrected chi connectivity index (χ1v) is 7.15. The molecule has 1 aromatic heterocycles. The minimum Gasteiger partial charge on any atom is -0.480 e. The number of carbonyl (C=O) groups is 2. The Balaban J connectivity index is 1.87. The Morgan fingerprint density at radius 3 is 2.87 bits per heavy atom. The van der Waals surface area contributed by atoms with Crippen LogP contribution in [0.1, 0.15) is 15.9 Å². The van der Waals surface area contributed by atoms with Gasteiger partial charge in [0.1, 0.15) is 12.7 Å². The van der Waals surface area contributed by atoms with Gasteiger partial charge in [-0.2, -0.15) is 5.10 Å². The molecule has 0 saturated carbocycles. The van der Waals surface area contributed by atoms with Gasteiger partial charge >= 0.3 is 5.97 Å². The summed E-state index contributed by atoms with van der Waals surface area (Å²) in [5.74, 6) is -1.37. The standard InChI is InChI=1S/C15H16N4O4/c1-10-6-11(2-3-12(10)19-9-16-8-17-19)14(20)18-4-5-23-7-13(18)15(21)22/h2-3,6,8-9,13H,4-5,7H2,1H3,(H,21,22). The van der Waals surface area contributed by atoms with Gasteiger partial charge in [-0.1, -0.05) is 0 Å². The number of amides is 1. The molecular formula is C15H16N4O4. The average Bonchev–Trinajstić information content (AvgIpc) is 3.08. The van der Waals surface area contributed by atoms with Crippen LogP contribution in [0.5, 0.6) is 0 Å². The highest BCUT2D eigenvalue weighted by atomic mass is 16.5. The van der Waals surface area contributed by atoms with E-state index in [0.29, 0.717) is 12.2 Å². The summed E-state index contributed by atoms with van der Waals surface area (Å²) in [6.45, 7) is 2.48. The van der Waals surface area contributed by atoms with Crippen LogP contribution in [0.4, 0.5) is 0 Å². The van der Waals surface area contributed by atoms with Gasteiger partial charge in [0.25, 0.3) is 5.91 Å². The molecule has 2 heterocycles. The van der Waals surface area contributed by atoms with Crippen molar-refractivity contribution in [2.45, 2.75) is 13.0 Å². The van der Waals surface area contributed by atoms with E-state index in [1.807, 2.05) is 6.92 Å². The molecule has 0 aliphatic carbocycles. The van der Waals surface area contributed by atoms with E-state index in [9.17, 15) is 14.7 Å². The van der Waals surface area contributed by atoms with Crippen LogP contribution in [0.15, 0.2) is 30.9 Å². The third-order valence-electron chi connectivity index (χ3n) is 3.78. The summed E-state index contributed by atoms with van der Waals surface area (Å²) < 4.78 is 6.77. The van der Waals surface area contributed by atoms with Crippen molar-refractivity contribution in [1.29, 1.82) is 0 Å². The van der Waals surface area contributed by atoms with Gasteiger partial charge in [-0.15, -0.1) is 0 Å². The summed E-state index contributed by atoms with van der Waals surface area (Å²) in [5, 5.41) is 13.3. The Bertz CT molecular complexity index is 729. The van der Waals surface area contributed by atoms with Crippen LogP contribution in [-0.2, 0) is 9.53 Å². The van der Waals surface area contributed by atoms with Gasteiger partial charge < -0.3 is 14.7 Å². The summed E-state index contributed by atoms with van der Waals surface area (Å²) in [4.78, 5) is 29.2. The number of ether oxygens (including phenoxy) is 1. The molecule has 1 N–H and O–H groups in total. The highest BCUT2D eigenvalue weighted by Crippen LogP contribution is 2.18. The summed E-state index contributed by atoms with van der Waals surface area (Å²) in [5.41, 5.74) is 2.11. The van der Waals surface area contributed by atoms with Gasteiger partial charge in [-0.25, -0.2) is 14.5 Å². The molecular weight excluding hydrogens is 300 g/mol. The number of hydrogen-bond donors (Lipinski definition) is 1. The molecule has 8 nitrogen and oxygen atoms in total. The number of carbonyl (C=O) groups excluding carboxylic acids is 1. The van der Waals surface area contributed by atoms with Gasteiger partial charge in [0.05, 0.1) is 18.9 Å². The first kappa shape index (κ1) is 15.2. The zero-order valence-electron chi connectivity index (χ0n) is 12.5. The number of benzene rings is 1. The van der Waals surface area contributed by atoms with E-state index in [-0.39, 0.29) is 19.1 Å². The molecule has 1 aliphatic rings. The summed E-state index contributed by atoms with van der Waals surface area (Å²) in [6, 6.07) is 4.22. The van der Waals surface area contributed by atoms with Crippen LogP contribution in [-0.4, -0.2) is 62.4 Å². The Morgan fingerprint density at radius 1 is 1.39 bits per heavy atom. The molecule has 3 rings (SSSR count). The molecule has 2 aromatic rings. The van der Waals surface area contributed by atoms with Crippen molar-refractivity contribution in [2.75, 3.05) is 19.8 Å². The quantitative estimate of drug-likeness (QED) is 0.885. The third kappa shape index (κ3) is 2.93. The first-order valence-electron chi connectivity index (χ1n) is 7.15. The number of aryl methyl sites for hydroxylation is 1. The number of rotatable bonds is 3. The van der Waals surface area contributed by atoms with Crippen molar-refractivity contribution in [3.8, 4) is 5.69 Å². The highest BCUT2D eigenvalue weighted by Gasteiger charge is 2.33. The lowest BCUT2D eigenvalue weighted by Crippen LogP contribution is -2.52. The van der Waals surface area contributed by atoms with Gasteiger partial charge in [-0.3, -0.25) is 4.79 Å². The van der Waals surface area contributed by atoms with Crippen molar-refractivity contribution in [1.82, 2.24) is 19.7 Å². The summed E-state index contributed by atoms with van der Waals surface area (Å²) in [6.07, 6.45) is 3.01. The van der Waals surface area contributed by atoms with E-state index >= 15 is 0 Å². The topological polar surface area (TPSA) is 97.6 Å². The fourth-order valence-electron chi connectivity index (χ4n) is 2.60. The molecule has 1 aliphatic heterocycles. The fraction of sp³-hybridized carbons (Fsp3) is 0.333. The molecule has 8 heteroatoms. The molecule has 120 valence electrons. The van der Waals surface area contributed by atoms with Gasteiger partial charge in [0.2, 0.25) is 0 Å². The maximum absolute atomic E-state index is 12.6. The Kier molecular flexibility index (Phi) is 4.07. The number of morpholine rings is 1. The second-order valence-electron chi connectivity index (χ2n) is 5.27. The number of carboxylic acids is 1. The molecule has 1 saturated heterocycles. The van der Waals surface area contributed by atoms with Gasteiger partial charge in [-0.05, 0) is 30.7 Å². The van der Waals surface area contributed by atoms with E-state index in [1.54, 1.807) is 29.2 Å². The molecule has 1 amide bonds. The Morgan fingerprint density at radius 2 is 2.22 bits per heavy atom. The lowest BCUT2D eigenvalue weighted by Gasteiger charge is -2.33. The van der Waals surface area contributed by atoms with Crippen molar-refractivity contribution < 1.29 is 19.4 Å². The van der Waals surface area contributed by atoms with E-state index < -0.39 is 12.0 Å². The van der Waals surface area contributed by atoms with Gasteiger partial charge in [0.15, 0.2) is 6.04 Å². The fourth-order valence-corrected chi connectivity index (χ4v) is 2.60. The van der Waals surface area contributed by atoms with Crippen molar-refractivity contribution in [2.24, 2.45) is 0 Å². The monoisotopic (exact) mass is 316 g/mol. The average molecular weight is 316 g/mol. The van der Waals surface area contributed by atoms with Crippen molar-refractivity contribution in [3.63, 3.8) is 0 Å². The molecule has 0 bridgehead atoms. The number of carboxylic acid groups (broad SMARTS) is 1. The number of aromatic nitrogens is 3. The molecule has 1 unspecified atom stereocenters. The summed E-state index contributed by atoms with van der Waals surface area (Å²) in [7, 11) is 0. The van der Waals surface area contributed by atoms with Crippen molar-refractivity contribution >= 4 is 11.9 Å². The third-order valence-corrected chi connectivity index (χ3v) is 3.78. The molecule has 0 radical (unpaired) electrons. The molecule has 1 fully saturated rings. The lowest BCUT2D eigenvalue weighted by molar-refractivity contribution is -0.147. The molecule has 0 spiro atoms. The maximum Gasteiger partial charge on any atom is 0.328 e. The largest absolute Gasteiger partial charge is 0.480 e. The summed E-state index contributed by atoms with van der Waals surface area (Å²) >= 11 is 0. The second-order valence-corrected chi connectivity index (χ2v) is 5.27. The number of nitrogens with zero attached hydrogens (tertiary/aromatic N) is 4. The van der Waals surface area contributed by atoms with Crippen LogP contribution in [0, 0.1) is 6.92 Å². The minimum atomic E-state index is -1.06. The highest BCUT2D eigenvalue weighted by molar-refractivity contribution is 5.97. The molecule has 1 aromatic carbocycles. The van der Waals surface area contributed by atoms with E-state index in [2.05, 4.69) is 10.1 Å². The maximum atomic E-state index is 12.6. The zero-order valence-corrected chi connectivity index (χ0v) is 12.5. The van der Waals surface area contributed by atoms with Gasteiger partial charge in [0, 0.05) is 12.1 Å². The Labute approximate surface area is 132 Å². The van der Waals surface area contributed by atoms with E-state index in [0.717, 1.165) is 11.3 Å². The molecule has 23 heavy (non-hydrogen) atoms. The minimum absolute atomic E-state index is 0.0110. The predicted molar refractivity (Wildman–Crippen MR) is 79.4 cm³/mol. The Hall–Kier alpha value is -2.74. The normalized spacial score (nSPS) is 18.0. The van der Waals surface area contributed by atoms with E-state index in [1.165, 1.54) is 11.2 Å². The molecule has 1 atom stereocenters. The smallest absolute Gasteiger partial charge is 0.328 e. The van der Waals surface area contributed by atoms with Crippen LogP contribution in [0.2, 0.25) is 0 Å². The van der Waals surface area contributed by atoms with Crippen LogP contribution < -0.4 is 0 Å². The number of aliphatic carboxylic acids is 1. The first-order chi connectivity index (χ1) is 11.1. The SMILES string of the molecule is Cc1cc(C(=O)N2CCOCC2C(=O)O)ccc1-n1cncn1. The number of hydrogen-bond acceptors (Lipinski definition) is 5.